The molecule has 0 atom stereocenters. The van der Waals surface area contributed by atoms with E-state index in [0.29, 0.717) is 42.6 Å². The quantitative estimate of drug-likeness (QED) is 0.644. The van der Waals surface area contributed by atoms with Crippen molar-refractivity contribution in [1.29, 1.82) is 0 Å². The van der Waals surface area contributed by atoms with Crippen LogP contribution in [-0.4, -0.2) is 67.8 Å². The molecule has 1 saturated heterocycles. The molecule has 4 heterocycles. The number of carbonyl (C=O) groups is 1. The number of rotatable bonds is 4. The van der Waals surface area contributed by atoms with Crippen molar-refractivity contribution in [2.75, 3.05) is 32.8 Å². The first kappa shape index (κ1) is 19.8. The molecule has 0 aliphatic carbocycles. The second kappa shape index (κ2) is 8.11. The Hall–Kier alpha value is -2.46. The molecule has 3 aromatic rings. The van der Waals surface area contributed by atoms with Gasteiger partial charge in [-0.25, -0.2) is 4.79 Å². The summed E-state index contributed by atoms with van der Waals surface area (Å²) in [7, 11) is 1.72. The van der Waals surface area contributed by atoms with Gasteiger partial charge in [-0.15, -0.1) is 21.5 Å². The number of thiophene rings is 1. The van der Waals surface area contributed by atoms with E-state index in [9.17, 15) is 9.59 Å². The molecule has 156 valence electrons. The molecule has 1 fully saturated rings. The average molecular weight is 419 g/mol. The lowest BCUT2D eigenvalue weighted by atomic mass is 10.2. The molecule has 29 heavy (non-hydrogen) atoms. The third kappa shape index (κ3) is 3.86. The van der Waals surface area contributed by atoms with Crippen molar-refractivity contribution in [3.05, 3.63) is 27.6 Å². The summed E-state index contributed by atoms with van der Waals surface area (Å²) in [6.07, 6.45) is 0.642. The lowest BCUT2D eigenvalue weighted by Crippen LogP contribution is -2.36. The van der Waals surface area contributed by atoms with Gasteiger partial charge in [0.25, 0.3) is 5.56 Å². The maximum atomic E-state index is 12.5. The van der Waals surface area contributed by atoms with Gasteiger partial charge >= 0.3 is 6.09 Å². The Kier molecular flexibility index (Phi) is 5.55. The van der Waals surface area contributed by atoms with E-state index in [1.165, 1.54) is 11.3 Å². The zero-order chi connectivity index (χ0) is 20.5. The van der Waals surface area contributed by atoms with Crippen LogP contribution in [0.15, 0.2) is 16.2 Å². The number of carbonyl (C=O) groups excluding carboxylic acids is 1. The molecule has 4 rings (SSSR count). The summed E-state index contributed by atoms with van der Waals surface area (Å²) in [5.74, 6) is 1.67. The minimum atomic E-state index is -0.233. The summed E-state index contributed by atoms with van der Waals surface area (Å²) >= 11 is 1.43. The molecule has 9 nitrogen and oxygen atoms in total. The average Bonchev–Trinajstić information content (AvgIpc) is 3.26. The Bertz CT molecular complexity index is 1080. The lowest BCUT2D eigenvalue weighted by molar-refractivity contribution is 0.0929. The van der Waals surface area contributed by atoms with Crippen molar-refractivity contribution < 1.29 is 9.53 Å². The summed E-state index contributed by atoms with van der Waals surface area (Å²) in [4.78, 5) is 28.8. The smallest absolute Gasteiger partial charge is 0.409 e. The van der Waals surface area contributed by atoms with Crippen molar-refractivity contribution in [3.8, 4) is 0 Å². The number of hydrogen-bond donors (Lipinski definition) is 0. The van der Waals surface area contributed by atoms with Crippen LogP contribution in [0.2, 0.25) is 0 Å². The Morgan fingerprint density at radius 1 is 1.24 bits per heavy atom. The third-order valence-electron chi connectivity index (χ3n) is 5.15. The van der Waals surface area contributed by atoms with Crippen LogP contribution in [0.1, 0.15) is 26.1 Å². The largest absolute Gasteiger partial charge is 0.449 e. The molecule has 1 aliphatic rings. The van der Waals surface area contributed by atoms with Crippen molar-refractivity contribution in [1.82, 2.24) is 29.0 Å². The van der Waals surface area contributed by atoms with Crippen molar-refractivity contribution in [2.45, 2.75) is 26.8 Å². The number of fused-ring (bicyclic) bond motifs is 3. The Balaban J connectivity index is 1.51. The molecule has 0 aromatic carbocycles. The number of amides is 1. The van der Waals surface area contributed by atoms with Crippen molar-refractivity contribution in [3.63, 3.8) is 0 Å². The third-order valence-corrected chi connectivity index (χ3v) is 6.04. The van der Waals surface area contributed by atoms with E-state index in [4.69, 9.17) is 4.74 Å². The Labute approximate surface area is 172 Å². The van der Waals surface area contributed by atoms with E-state index >= 15 is 0 Å². The highest BCUT2D eigenvalue weighted by atomic mass is 32.1. The highest BCUT2D eigenvalue weighted by molar-refractivity contribution is 7.17. The number of aromatic nitrogens is 4. The first-order chi connectivity index (χ1) is 14.0. The van der Waals surface area contributed by atoms with Gasteiger partial charge in [0.05, 0.1) is 18.7 Å². The minimum Gasteiger partial charge on any atom is -0.449 e. The van der Waals surface area contributed by atoms with Gasteiger partial charge in [-0.1, -0.05) is 13.8 Å². The summed E-state index contributed by atoms with van der Waals surface area (Å²) in [5.41, 5.74) is 0.800. The number of nitrogens with zero attached hydrogens (tertiary/aromatic N) is 6. The van der Waals surface area contributed by atoms with Crippen molar-refractivity contribution >= 4 is 33.4 Å². The maximum Gasteiger partial charge on any atom is 0.409 e. The molecular formula is C19H26N6O3S. The van der Waals surface area contributed by atoms with Gasteiger partial charge in [0.2, 0.25) is 5.78 Å². The van der Waals surface area contributed by atoms with Crippen LogP contribution in [-0.2, 0) is 18.3 Å². The van der Waals surface area contributed by atoms with Gasteiger partial charge in [-0.2, -0.15) is 0 Å². The van der Waals surface area contributed by atoms with Crippen LogP contribution in [0.3, 0.4) is 0 Å². The van der Waals surface area contributed by atoms with E-state index in [-0.39, 0.29) is 11.7 Å². The zero-order valence-electron chi connectivity index (χ0n) is 17.0. The summed E-state index contributed by atoms with van der Waals surface area (Å²) in [6, 6.07) is 1.94. The molecule has 1 aliphatic heterocycles. The summed E-state index contributed by atoms with van der Waals surface area (Å²) < 4.78 is 9.59. The van der Waals surface area contributed by atoms with E-state index in [1.807, 2.05) is 29.7 Å². The fourth-order valence-electron chi connectivity index (χ4n) is 3.60. The second-order valence-electron chi connectivity index (χ2n) is 7.84. The van der Waals surface area contributed by atoms with E-state index in [2.05, 4.69) is 15.1 Å². The number of ether oxygens (including phenoxy) is 1. The van der Waals surface area contributed by atoms with Gasteiger partial charge in [0, 0.05) is 33.2 Å². The highest BCUT2D eigenvalue weighted by Gasteiger charge is 2.23. The second-order valence-corrected chi connectivity index (χ2v) is 8.75. The SMILES string of the molecule is CC(C)COC(=O)N1CCCN(Cc2nnc3n(C)c(=O)c4sccc4n23)CC1. The van der Waals surface area contributed by atoms with Crippen LogP contribution >= 0.6 is 11.3 Å². The van der Waals surface area contributed by atoms with Crippen LogP contribution in [0.5, 0.6) is 0 Å². The number of hydrogen-bond acceptors (Lipinski definition) is 7. The summed E-state index contributed by atoms with van der Waals surface area (Å²) in [5, 5.41) is 10.5. The normalized spacial score (nSPS) is 16.1. The molecule has 0 spiro atoms. The highest BCUT2D eigenvalue weighted by Crippen LogP contribution is 2.20. The molecule has 1 amide bonds. The predicted molar refractivity (Wildman–Crippen MR) is 111 cm³/mol. The standard InChI is InChI=1S/C19H26N6O3S/c1-13(2)12-28-19(27)24-7-4-6-23(8-9-24)11-15-20-21-18-22(3)17(26)16-14(25(15)18)5-10-29-16/h5,10,13H,4,6-9,11-12H2,1-3H3. The lowest BCUT2D eigenvalue weighted by Gasteiger charge is -2.21. The fraction of sp³-hybridized carbons (Fsp3) is 0.579. The van der Waals surface area contributed by atoms with E-state index in [1.54, 1.807) is 16.5 Å². The van der Waals surface area contributed by atoms with Gasteiger partial charge < -0.3 is 9.64 Å². The van der Waals surface area contributed by atoms with E-state index < -0.39 is 0 Å². The Morgan fingerprint density at radius 3 is 2.86 bits per heavy atom. The molecule has 10 heteroatoms. The van der Waals surface area contributed by atoms with Gasteiger partial charge in [0.15, 0.2) is 5.82 Å². The first-order valence-electron chi connectivity index (χ1n) is 9.90. The maximum absolute atomic E-state index is 12.5. The molecular weight excluding hydrogens is 392 g/mol. The predicted octanol–water partition coefficient (Wildman–Crippen LogP) is 1.94. The fourth-order valence-corrected chi connectivity index (χ4v) is 4.45. The molecule has 0 N–H and O–H groups in total. The van der Waals surface area contributed by atoms with Gasteiger partial charge in [-0.05, 0) is 23.8 Å². The number of aryl methyl sites for hydroxylation is 1. The van der Waals surface area contributed by atoms with E-state index in [0.717, 1.165) is 30.9 Å². The van der Waals surface area contributed by atoms with Crippen LogP contribution in [0.25, 0.3) is 16.0 Å². The van der Waals surface area contributed by atoms with Crippen LogP contribution < -0.4 is 5.56 Å². The zero-order valence-corrected chi connectivity index (χ0v) is 17.8. The van der Waals surface area contributed by atoms with Crippen LogP contribution in [0.4, 0.5) is 4.79 Å². The monoisotopic (exact) mass is 418 g/mol. The Morgan fingerprint density at radius 2 is 2.07 bits per heavy atom. The molecule has 0 saturated carbocycles. The van der Waals surface area contributed by atoms with Gasteiger partial charge in [-0.3, -0.25) is 18.7 Å². The first-order valence-corrected chi connectivity index (χ1v) is 10.8. The summed E-state index contributed by atoms with van der Waals surface area (Å²) in [6.45, 7) is 8.03. The van der Waals surface area contributed by atoms with Crippen molar-refractivity contribution in [2.24, 2.45) is 13.0 Å². The topological polar surface area (TPSA) is 85.0 Å². The molecule has 3 aromatic heterocycles. The van der Waals surface area contributed by atoms with Crippen LogP contribution in [0, 0.1) is 5.92 Å². The molecule has 0 unspecified atom stereocenters. The molecule has 0 radical (unpaired) electrons. The molecule has 0 bridgehead atoms. The van der Waals surface area contributed by atoms with Gasteiger partial charge in [0.1, 0.15) is 4.70 Å². The minimum absolute atomic E-state index is 0.0493.